The number of aromatic nitrogens is 1. The monoisotopic (exact) mass is 266 g/mol. The Labute approximate surface area is 94.2 Å². The van der Waals surface area contributed by atoms with E-state index in [2.05, 4.69) is 20.9 Å². The van der Waals surface area contributed by atoms with E-state index in [0.29, 0.717) is 10.9 Å². The van der Waals surface area contributed by atoms with Crippen LogP contribution in [0.25, 0.3) is 10.9 Å². The summed E-state index contributed by atoms with van der Waals surface area (Å²) in [4.78, 5) is 14.6. The molecule has 0 bridgehead atoms. The van der Waals surface area contributed by atoms with E-state index >= 15 is 0 Å². The minimum absolute atomic E-state index is 0.0874. The molecule has 76 valence electrons. The van der Waals surface area contributed by atoms with Gasteiger partial charge in [0, 0.05) is 16.7 Å². The van der Waals surface area contributed by atoms with Crippen LogP contribution < -0.4 is 0 Å². The minimum Gasteiger partial charge on any atom is -0.258 e. The molecule has 0 saturated carbocycles. The van der Waals surface area contributed by atoms with Gasteiger partial charge in [0.15, 0.2) is 0 Å². The zero-order valence-corrected chi connectivity index (χ0v) is 9.48. The number of halogens is 1. The summed E-state index contributed by atoms with van der Waals surface area (Å²) in [6, 6.07) is 4.93. The molecule has 5 heteroatoms. The predicted molar refractivity (Wildman–Crippen MR) is 60.8 cm³/mol. The molecule has 2 aromatic rings. The summed E-state index contributed by atoms with van der Waals surface area (Å²) >= 11 is 3.26. The second-order valence-corrected chi connectivity index (χ2v) is 4.12. The second kappa shape index (κ2) is 3.58. The van der Waals surface area contributed by atoms with Crippen molar-refractivity contribution < 1.29 is 4.92 Å². The van der Waals surface area contributed by atoms with Gasteiger partial charge in [0.25, 0.3) is 5.69 Å². The van der Waals surface area contributed by atoms with Crippen molar-refractivity contribution in [2.24, 2.45) is 0 Å². The number of pyridine rings is 1. The standard InChI is InChI=1S/C10H7BrN2O2/c1-6-2-3-9(13(14)15)8-4-7(11)5-12-10(6)8/h2-5H,1H3. The highest BCUT2D eigenvalue weighted by Crippen LogP contribution is 2.28. The van der Waals surface area contributed by atoms with Crippen molar-refractivity contribution in [2.75, 3.05) is 0 Å². The summed E-state index contributed by atoms with van der Waals surface area (Å²) in [6.07, 6.45) is 1.64. The summed E-state index contributed by atoms with van der Waals surface area (Å²) in [5.41, 5.74) is 1.69. The van der Waals surface area contributed by atoms with Gasteiger partial charge in [0.2, 0.25) is 0 Å². The van der Waals surface area contributed by atoms with Crippen LogP contribution in [0.2, 0.25) is 0 Å². The van der Waals surface area contributed by atoms with Gasteiger partial charge in [-0.05, 0) is 34.5 Å². The van der Waals surface area contributed by atoms with Gasteiger partial charge in [-0.1, -0.05) is 6.07 Å². The van der Waals surface area contributed by atoms with Crippen LogP contribution in [0.5, 0.6) is 0 Å². The highest BCUT2D eigenvalue weighted by atomic mass is 79.9. The molecule has 0 amide bonds. The first kappa shape index (κ1) is 10.0. The Kier molecular flexibility index (Phi) is 2.40. The average molecular weight is 267 g/mol. The van der Waals surface area contributed by atoms with Crippen LogP contribution in [0.3, 0.4) is 0 Å². The van der Waals surface area contributed by atoms with E-state index in [4.69, 9.17) is 0 Å². The van der Waals surface area contributed by atoms with Gasteiger partial charge in [-0.2, -0.15) is 0 Å². The fourth-order valence-corrected chi connectivity index (χ4v) is 1.81. The van der Waals surface area contributed by atoms with E-state index in [-0.39, 0.29) is 5.69 Å². The Balaban J connectivity index is 2.90. The first-order valence-electron chi connectivity index (χ1n) is 4.29. The number of nitrogens with zero attached hydrogens (tertiary/aromatic N) is 2. The molecule has 0 aliphatic rings. The molecule has 0 aliphatic carbocycles. The van der Waals surface area contributed by atoms with Crippen molar-refractivity contribution in [1.82, 2.24) is 4.98 Å². The van der Waals surface area contributed by atoms with Crippen molar-refractivity contribution in [2.45, 2.75) is 6.92 Å². The van der Waals surface area contributed by atoms with Gasteiger partial charge in [-0.3, -0.25) is 15.1 Å². The fourth-order valence-electron chi connectivity index (χ4n) is 1.48. The lowest BCUT2D eigenvalue weighted by atomic mass is 10.1. The van der Waals surface area contributed by atoms with E-state index in [1.165, 1.54) is 6.07 Å². The van der Waals surface area contributed by atoms with E-state index in [9.17, 15) is 10.1 Å². The predicted octanol–water partition coefficient (Wildman–Crippen LogP) is 3.21. The van der Waals surface area contributed by atoms with Gasteiger partial charge in [-0.15, -0.1) is 0 Å². The van der Waals surface area contributed by atoms with Crippen LogP contribution >= 0.6 is 15.9 Å². The first-order chi connectivity index (χ1) is 7.09. The third-order valence-electron chi connectivity index (χ3n) is 2.19. The van der Waals surface area contributed by atoms with Crippen LogP contribution in [-0.4, -0.2) is 9.91 Å². The molecule has 0 saturated heterocycles. The summed E-state index contributed by atoms with van der Waals surface area (Å²) in [5.74, 6) is 0. The number of hydrogen-bond acceptors (Lipinski definition) is 3. The van der Waals surface area contributed by atoms with Gasteiger partial charge in [0.1, 0.15) is 0 Å². The molecule has 0 atom stereocenters. The highest BCUT2D eigenvalue weighted by molar-refractivity contribution is 9.10. The molecule has 15 heavy (non-hydrogen) atoms. The van der Waals surface area contributed by atoms with Crippen molar-refractivity contribution in [3.05, 3.63) is 44.5 Å². The number of hydrogen-bond donors (Lipinski definition) is 0. The molecule has 0 spiro atoms. The molecular weight excluding hydrogens is 260 g/mol. The topological polar surface area (TPSA) is 56.0 Å². The van der Waals surface area contributed by atoms with Crippen LogP contribution in [-0.2, 0) is 0 Å². The molecule has 1 heterocycles. The van der Waals surface area contributed by atoms with Gasteiger partial charge >= 0.3 is 0 Å². The maximum atomic E-state index is 10.8. The summed E-state index contributed by atoms with van der Waals surface area (Å²) < 4.78 is 0.740. The first-order valence-corrected chi connectivity index (χ1v) is 5.08. The Morgan fingerprint density at radius 3 is 2.87 bits per heavy atom. The Bertz CT molecular complexity index is 554. The normalized spacial score (nSPS) is 10.5. The summed E-state index contributed by atoms with van der Waals surface area (Å²) in [5, 5.41) is 11.4. The fraction of sp³-hybridized carbons (Fsp3) is 0.100. The number of benzene rings is 1. The van der Waals surface area contributed by atoms with Crippen molar-refractivity contribution in [3.63, 3.8) is 0 Å². The number of fused-ring (bicyclic) bond motifs is 1. The largest absolute Gasteiger partial charge is 0.278 e. The highest BCUT2D eigenvalue weighted by Gasteiger charge is 2.13. The average Bonchev–Trinajstić information content (AvgIpc) is 2.17. The zero-order valence-electron chi connectivity index (χ0n) is 7.90. The quantitative estimate of drug-likeness (QED) is 0.588. The van der Waals surface area contributed by atoms with Gasteiger partial charge < -0.3 is 0 Å². The molecule has 0 unspecified atom stereocenters. The van der Waals surface area contributed by atoms with E-state index in [0.717, 1.165) is 10.0 Å². The lowest BCUT2D eigenvalue weighted by Gasteiger charge is -2.02. The number of rotatable bonds is 1. The molecule has 0 N–H and O–H groups in total. The molecule has 1 aromatic heterocycles. The molecular formula is C10H7BrN2O2. The molecule has 1 aromatic carbocycles. The smallest absolute Gasteiger partial charge is 0.258 e. The van der Waals surface area contributed by atoms with Crippen molar-refractivity contribution >= 4 is 32.5 Å². The van der Waals surface area contributed by atoms with Gasteiger partial charge in [0.05, 0.1) is 15.8 Å². The lowest BCUT2D eigenvalue weighted by Crippen LogP contribution is -1.92. The van der Waals surface area contributed by atoms with Crippen LogP contribution in [0.4, 0.5) is 5.69 Å². The number of nitro groups is 1. The molecule has 0 aliphatic heterocycles. The SMILES string of the molecule is Cc1ccc([N+](=O)[O-])c2cc(Br)cnc12. The van der Waals surface area contributed by atoms with E-state index in [1.807, 2.05) is 6.92 Å². The Morgan fingerprint density at radius 1 is 1.47 bits per heavy atom. The maximum Gasteiger partial charge on any atom is 0.278 e. The van der Waals surface area contributed by atoms with Crippen molar-refractivity contribution in [1.29, 1.82) is 0 Å². The Hall–Kier alpha value is -1.49. The van der Waals surface area contributed by atoms with Gasteiger partial charge in [-0.25, -0.2) is 0 Å². The maximum absolute atomic E-state index is 10.8. The Morgan fingerprint density at radius 2 is 2.20 bits per heavy atom. The summed E-state index contributed by atoms with van der Waals surface area (Å²) in [6.45, 7) is 1.88. The number of non-ortho nitro benzene ring substituents is 1. The third kappa shape index (κ3) is 1.70. The lowest BCUT2D eigenvalue weighted by molar-refractivity contribution is -0.383. The number of nitro benzene ring substituents is 1. The molecule has 2 rings (SSSR count). The van der Waals surface area contributed by atoms with Crippen molar-refractivity contribution in [3.8, 4) is 0 Å². The van der Waals surface area contributed by atoms with Crippen LogP contribution in [0.15, 0.2) is 28.9 Å². The molecule has 0 radical (unpaired) electrons. The third-order valence-corrected chi connectivity index (χ3v) is 2.63. The number of aryl methyl sites for hydroxylation is 1. The molecule has 4 nitrogen and oxygen atoms in total. The zero-order chi connectivity index (χ0) is 11.0. The molecule has 0 fully saturated rings. The van der Waals surface area contributed by atoms with Crippen LogP contribution in [0, 0.1) is 17.0 Å². The van der Waals surface area contributed by atoms with E-state index in [1.54, 1.807) is 18.3 Å². The minimum atomic E-state index is -0.393. The van der Waals surface area contributed by atoms with Crippen LogP contribution in [0.1, 0.15) is 5.56 Å². The van der Waals surface area contributed by atoms with E-state index < -0.39 is 4.92 Å². The second-order valence-electron chi connectivity index (χ2n) is 3.21. The summed E-state index contributed by atoms with van der Waals surface area (Å²) in [7, 11) is 0.